The standard InChI is InChI=1S/C12H14N2O2S/c1-7-5-4-6-9-10(7)17-12(13-9)14(3)8(2)11(15)16/h4-6,8H,1-3H3,(H,15,16). The molecule has 4 nitrogen and oxygen atoms in total. The molecule has 0 aliphatic rings. The average Bonchev–Trinajstić information content (AvgIpc) is 2.72. The molecule has 0 fully saturated rings. The molecule has 2 aromatic rings. The minimum absolute atomic E-state index is 0.573. The van der Waals surface area contributed by atoms with E-state index >= 15 is 0 Å². The number of carbonyl (C=O) groups is 1. The van der Waals surface area contributed by atoms with Crippen molar-refractivity contribution in [3.05, 3.63) is 23.8 Å². The van der Waals surface area contributed by atoms with Gasteiger partial charge in [0.2, 0.25) is 0 Å². The van der Waals surface area contributed by atoms with Crippen LogP contribution < -0.4 is 4.90 Å². The number of nitrogens with zero attached hydrogens (tertiary/aromatic N) is 2. The third kappa shape index (κ3) is 2.10. The molecule has 0 amide bonds. The van der Waals surface area contributed by atoms with Crippen molar-refractivity contribution in [2.45, 2.75) is 19.9 Å². The maximum Gasteiger partial charge on any atom is 0.326 e. The smallest absolute Gasteiger partial charge is 0.326 e. The van der Waals surface area contributed by atoms with Crippen LogP contribution in [0.5, 0.6) is 0 Å². The number of hydrogen-bond donors (Lipinski definition) is 1. The number of fused-ring (bicyclic) bond motifs is 1. The maximum atomic E-state index is 10.9. The summed E-state index contributed by atoms with van der Waals surface area (Å²) in [6, 6.07) is 5.37. The molecular weight excluding hydrogens is 236 g/mol. The Morgan fingerprint density at radius 3 is 2.82 bits per heavy atom. The molecule has 0 saturated heterocycles. The number of anilines is 1. The van der Waals surface area contributed by atoms with E-state index in [1.807, 2.05) is 25.1 Å². The first-order chi connectivity index (χ1) is 8.00. The molecule has 1 heterocycles. The summed E-state index contributed by atoms with van der Waals surface area (Å²) in [4.78, 5) is 17.1. The van der Waals surface area contributed by atoms with Crippen molar-refractivity contribution in [3.8, 4) is 0 Å². The number of carboxylic acid groups (broad SMARTS) is 1. The normalized spacial score (nSPS) is 12.6. The van der Waals surface area contributed by atoms with Gasteiger partial charge in [-0.05, 0) is 25.5 Å². The van der Waals surface area contributed by atoms with Crippen molar-refractivity contribution in [3.63, 3.8) is 0 Å². The zero-order chi connectivity index (χ0) is 12.6. The fourth-order valence-electron chi connectivity index (χ4n) is 1.56. The van der Waals surface area contributed by atoms with Crippen molar-refractivity contribution < 1.29 is 9.90 Å². The summed E-state index contributed by atoms with van der Waals surface area (Å²) in [6.45, 7) is 3.69. The lowest BCUT2D eigenvalue weighted by atomic mass is 10.2. The minimum atomic E-state index is -0.844. The van der Waals surface area contributed by atoms with Crippen LogP contribution in [0.25, 0.3) is 10.2 Å². The van der Waals surface area contributed by atoms with Gasteiger partial charge in [0.25, 0.3) is 0 Å². The number of thiazole rings is 1. The van der Waals surface area contributed by atoms with E-state index in [1.54, 1.807) is 18.9 Å². The minimum Gasteiger partial charge on any atom is -0.480 e. The Kier molecular flexibility index (Phi) is 3.02. The number of aromatic nitrogens is 1. The second kappa shape index (κ2) is 4.33. The predicted octanol–water partition coefficient (Wildman–Crippen LogP) is 2.51. The number of aliphatic carboxylic acids is 1. The Morgan fingerprint density at radius 1 is 1.53 bits per heavy atom. The highest BCUT2D eigenvalue weighted by molar-refractivity contribution is 7.22. The van der Waals surface area contributed by atoms with E-state index in [-0.39, 0.29) is 0 Å². The monoisotopic (exact) mass is 250 g/mol. The lowest BCUT2D eigenvalue weighted by Gasteiger charge is -2.19. The largest absolute Gasteiger partial charge is 0.480 e. The number of aryl methyl sites for hydroxylation is 1. The van der Waals surface area contributed by atoms with E-state index in [0.717, 1.165) is 15.3 Å². The van der Waals surface area contributed by atoms with Crippen molar-refractivity contribution in [2.24, 2.45) is 0 Å². The quantitative estimate of drug-likeness (QED) is 0.909. The SMILES string of the molecule is Cc1cccc2nc(N(C)C(C)C(=O)O)sc12. The number of hydrogen-bond acceptors (Lipinski definition) is 4. The van der Waals surface area contributed by atoms with Gasteiger partial charge in [0.1, 0.15) is 6.04 Å². The van der Waals surface area contributed by atoms with Crippen molar-refractivity contribution >= 4 is 32.7 Å². The number of likely N-dealkylation sites (N-methyl/N-ethyl adjacent to an activating group) is 1. The second-order valence-electron chi connectivity index (χ2n) is 4.04. The molecule has 0 aliphatic carbocycles. The second-order valence-corrected chi connectivity index (χ2v) is 5.02. The fourth-order valence-corrected chi connectivity index (χ4v) is 2.63. The third-order valence-electron chi connectivity index (χ3n) is 2.84. The summed E-state index contributed by atoms with van der Waals surface area (Å²) in [5, 5.41) is 9.72. The van der Waals surface area contributed by atoms with Gasteiger partial charge in [-0.1, -0.05) is 23.5 Å². The van der Waals surface area contributed by atoms with Crippen LogP contribution in [0, 0.1) is 6.92 Å². The number of rotatable bonds is 3. The molecular formula is C12H14N2O2S. The maximum absolute atomic E-state index is 10.9. The van der Waals surface area contributed by atoms with E-state index in [0.29, 0.717) is 0 Å². The molecule has 0 radical (unpaired) electrons. The highest BCUT2D eigenvalue weighted by Gasteiger charge is 2.20. The van der Waals surface area contributed by atoms with E-state index in [1.165, 1.54) is 16.9 Å². The highest BCUT2D eigenvalue weighted by atomic mass is 32.1. The van der Waals surface area contributed by atoms with E-state index in [2.05, 4.69) is 4.98 Å². The fraction of sp³-hybridized carbons (Fsp3) is 0.333. The van der Waals surface area contributed by atoms with Crippen LogP contribution in [0.2, 0.25) is 0 Å². The highest BCUT2D eigenvalue weighted by Crippen LogP contribution is 2.31. The van der Waals surface area contributed by atoms with Crippen LogP contribution in [0.15, 0.2) is 18.2 Å². The summed E-state index contributed by atoms with van der Waals surface area (Å²) in [5.41, 5.74) is 2.09. The molecule has 1 unspecified atom stereocenters. The summed E-state index contributed by atoms with van der Waals surface area (Å²) in [5.74, 6) is -0.844. The Morgan fingerprint density at radius 2 is 2.24 bits per heavy atom. The van der Waals surface area contributed by atoms with Crippen LogP contribution in [0.3, 0.4) is 0 Å². The molecule has 1 aromatic heterocycles. The summed E-state index contributed by atoms with van der Waals surface area (Å²) >= 11 is 1.53. The number of benzene rings is 1. The van der Waals surface area contributed by atoms with Gasteiger partial charge in [-0.25, -0.2) is 9.78 Å². The molecule has 1 aromatic carbocycles. The van der Waals surface area contributed by atoms with Gasteiger partial charge in [-0.2, -0.15) is 0 Å². The number of carboxylic acids is 1. The molecule has 1 N–H and O–H groups in total. The van der Waals surface area contributed by atoms with Gasteiger partial charge in [0.05, 0.1) is 10.2 Å². The first kappa shape index (κ1) is 11.9. The molecule has 0 bridgehead atoms. The summed E-state index contributed by atoms with van der Waals surface area (Å²) in [6.07, 6.45) is 0. The molecule has 2 rings (SSSR count). The topological polar surface area (TPSA) is 53.4 Å². The van der Waals surface area contributed by atoms with Gasteiger partial charge < -0.3 is 10.0 Å². The molecule has 0 aliphatic heterocycles. The van der Waals surface area contributed by atoms with Crippen LogP contribution in [0.4, 0.5) is 5.13 Å². The average molecular weight is 250 g/mol. The first-order valence-corrected chi connectivity index (χ1v) is 6.14. The van der Waals surface area contributed by atoms with Gasteiger partial charge in [-0.15, -0.1) is 0 Å². The van der Waals surface area contributed by atoms with Gasteiger partial charge in [0, 0.05) is 7.05 Å². The van der Waals surface area contributed by atoms with Crippen LogP contribution in [0.1, 0.15) is 12.5 Å². The lowest BCUT2D eigenvalue weighted by Crippen LogP contribution is -2.35. The van der Waals surface area contributed by atoms with E-state index < -0.39 is 12.0 Å². The van der Waals surface area contributed by atoms with E-state index in [9.17, 15) is 4.79 Å². The Hall–Kier alpha value is -1.62. The first-order valence-electron chi connectivity index (χ1n) is 5.32. The van der Waals surface area contributed by atoms with E-state index in [4.69, 9.17) is 5.11 Å². The van der Waals surface area contributed by atoms with Crippen molar-refractivity contribution in [1.29, 1.82) is 0 Å². The van der Waals surface area contributed by atoms with Crippen LogP contribution in [-0.4, -0.2) is 29.1 Å². The Bertz CT molecular complexity index is 565. The zero-order valence-corrected chi connectivity index (χ0v) is 10.8. The molecule has 5 heteroatoms. The van der Waals surface area contributed by atoms with Crippen LogP contribution >= 0.6 is 11.3 Å². The molecule has 17 heavy (non-hydrogen) atoms. The molecule has 1 atom stereocenters. The van der Waals surface area contributed by atoms with Crippen LogP contribution in [-0.2, 0) is 4.79 Å². The third-order valence-corrected chi connectivity index (χ3v) is 4.14. The molecule has 90 valence electrons. The molecule has 0 saturated carbocycles. The molecule has 0 spiro atoms. The van der Waals surface area contributed by atoms with Crippen molar-refractivity contribution in [2.75, 3.05) is 11.9 Å². The lowest BCUT2D eigenvalue weighted by molar-refractivity contribution is -0.138. The predicted molar refractivity (Wildman–Crippen MR) is 69.9 cm³/mol. The Labute approximate surface area is 104 Å². The van der Waals surface area contributed by atoms with Gasteiger partial charge in [-0.3, -0.25) is 0 Å². The summed E-state index contributed by atoms with van der Waals surface area (Å²) in [7, 11) is 1.76. The Balaban J connectivity index is 2.43. The summed E-state index contributed by atoms with van der Waals surface area (Å²) < 4.78 is 1.12. The van der Waals surface area contributed by atoms with Gasteiger partial charge in [0.15, 0.2) is 5.13 Å². The van der Waals surface area contributed by atoms with Gasteiger partial charge >= 0.3 is 5.97 Å². The zero-order valence-electron chi connectivity index (χ0n) is 9.97. The van der Waals surface area contributed by atoms with Crippen molar-refractivity contribution in [1.82, 2.24) is 4.98 Å².